The Morgan fingerprint density at radius 2 is 1.58 bits per heavy atom. The summed E-state index contributed by atoms with van der Waals surface area (Å²) < 4.78 is 27.5. The van der Waals surface area contributed by atoms with Gasteiger partial charge in [0.2, 0.25) is 11.6 Å². The number of Topliss-reactive ketones (excluding diaryl/α,β-unsaturated/α-hetero) is 1. The van der Waals surface area contributed by atoms with Crippen molar-refractivity contribution in [1.29, 1.82) is 0 Å². The van der Waals surface area contributed by atoms with Crippen molar-refractivity contribution in [3.05, 3.63) is 77.7 Å². The van der Waals surface area contributed by atoms with Crippen molar-refractivity contribution in [1.82, 2.24) is 4.98 Å². The SMILES string of the molecule is COc1cccc(/C=C(/C(=O)c2cc(OC)c(OC)c(OC)c2)c2nc3ccccc3o2)c1. The van der Waals surface area contributed by atoms with Gasteiger partial charge in [-0.15, -0.1) is 0 Å². The molecular formula is C26H23NO6. The smallest absolute Gasteiger partial charge is 0.231 e. The molecular weight excluding hydrogens is 422 g/mol. The maximum absolute atomic E-state index is 13.8. The third-order valence-electron chi connectivity index (χ3n) is 5.10. The van der Waals surface area contributed by atoms with E-state index in [4.69, 9.17) is 23.4 Å². The first-order valence-electron chi connectivity index (χ1n) is 10.1. The van der Waals surface area contributed by atoms with Crippen molar-refractivity contribution < 1.29 is 28.2 Å². The van der Waals surface area contributed by atoms with Crippen molar-refractivity contribution in [2.24, 2.45) is 0 Å². The number of carbonyl (C=O) groups excluding carboxylic acids is 1. The number of oxazole rings is 1. The number of aromatic nitrogens is 1. The van der Waals surface area contributed by atoms with Crippen LogP contribution in [0.15, 0.2) is 65.1 Å². The van der Waals surface area contributed by atoms with E-state index in [1.165, 1.54) is 21.3 Å². The van der Waals surface area contributed by atoms with Gasteiger partial charge in [-0.3, -0.25) is 4.79 Å². The predicted octanol–water partition coefficient (Wildman–Crippen LogP) is 5.29. The van der Waals surface area contributed by atoms with Gasteiger partial charge in [-0.05, 0) is 48.0 Å². The zero-order chi connectivity index (χ0) is 23.4. The lowest BCUT2D eigenvalue weighted by Crippen LogP contribution is -2.05. The number of para-hydroxylation sites is 2. The Morgan fingerprint density at radius 3 is 2.21 bits per heavy atom. The van der Waals surface area contributed by atoms with Crippen molar-refractivity contribution in [3.63, 3.8) is 0 Å². The average molecular weight is 445 g/mol. The molecule has 0 aliphatic heterocycles. The Bertz CT molecular complexity index is 1280. The highest BCUT2D eigenvalue weighted by Gasteiger charge is 2.24. The summed E-state index contributed by atoms with van der Waals surface area (Å²) >= 11 is 0. The van der Waals surface area contributed by atoms with E-state index in [0.29, 0.717) is 39.7 Å². The number of benzene rings is 3. The van der Waals surface area contributed by atoms with E-state index in [0.717, 1.165) is 5.56 Å². The molecule has 0 aliphatic rings. The highest BCUT2D eigenvalue weighted by atomic mass is 16.5. The van der Waals surface area contributed by atoms with Gasteiger partial charge >= 0.3 is 0 Å². The Kier molecular flexibility index (Phi) is 6.31. The third-order valence-corrected chi connectivity index (χ3v) is 5.10. The minimum Gasteiger partial charge on any atom is -0.497 e. The maximum Gasteiger partial charge on any atom is 0.231 e. The predicted molar refractivity (Wildman–Crippen MR) is 125 cm³/mol. The van der Waals surface area contributed by atoms with Gasteiger partial charge in [-0.1, -0.05) is 24.3 Å². The van der Waals surface area contributed by atoms with Crippen LogP contribution >= 0.6 is 0 Å². The van der Waals surface area contributed by atoms with Crippen LogP contribution in [0.5, 0.6) is 23.0 Å². The van der Waals surface area contributed by atoms with E-state index in [-0.39, 0.29) is 17.2 Å². The molecule has 0 atom stereocenters. The van der Waals surface area contributed by atoms with E-state index >= 15 is 0 Å². The second-order valence-electron chi connectivity index (χ2n) is 7.06. The second-order valence-corrected chi connectivity index (χ2v) is 7.06. The van der Waals surface area contributed by atoms with Gasteiger partial charge in [-0.25, -0.2) is 4.98 Å². The summed E-state index contributed by atoms with van der Waals surface area (Å²) in [4.78, 5) is 18.3. The zero-order valence-corrected chi connectivity index (χ0v) is 18.7. The molecule has 0 spiro atoms. The fourth-order valence-corrected chi connectivity index (χ4v) is 3.48. The molecule has 3 aromatic carbocycles. The maximum atomic E-state index is 13.8. The Labute approximate surface area is 191 Å². The number of allylic oxidation sites excluding steroid dienone is 1. The molecule has 0 amide bonds. The molecule has 168 valence electrons. The van der Waals surface area contributed by atoms with Crippen LogP contribution in [0.3, 0.4) is 0 Å². The number of ether oxygens (including phenoxy) is 4. The van der Waals surface area contributed by atoms with E-state index in [9.17, 15) is 4.79 Å². The normalized spacial score (nSPS) is 11.3. The molecule has 4 rings (SSSR count). The number of fused-ring (bicyclic) bond motifs is 1. The van der Waals surface area contributed by atoms with Crippen molar-refractivity contribution in [2.45, 2.75) is 0 Å². The third kappa shape index (κ3) is 4.39. The number of methoxy groups -OCH3 is 4. The van der Waals surface area contributed by atoms with Crippen LogP contribution in [0.4, 0.5) is 0 Å². The number of hydrogen-bond acceptors (Lipinski definition) is 7. The minimum absolute atomic E-state index is 0.206. The van der Waals surface area contributed by atoms with Gasteiger partial charge < -0.3 is 23.4 Å². The standard InChI is InChI=1S/C26H23NO6/c1-29-18-9-7-8-16(12-18)13-19(26-27-20-10-5-6-11-21(20)33-26)24(28)17-14-22(30-2)25(32-4)23(15-17)31-3/h5-15H,1-4H3/b19-13-. The van der Waals surface area contributed by atoms with Gasteiger partial charge in [0, 0.05) is 5.56 Å². The lowest BCUT2D eigenvalue weighted by Gasteiger charge is -2.14. The van der Waals surface area contributed by atoms with E-state index in [2.05, 4.69) is 4.98 Å². The van der Waals surface area contributed by atoms with Gasteiger partial charge in [0.1, 0.15) is 11.3 Å². The van der Waals surface area contributed by atoms with Crippen LogP contribution in [0.2, 0.25) is 0 Å². The average Bonchev–Trinajstić information content (AvgIpc) is 3.30. The zero-order valence-electron chi connectivity index (χ0n) is 18.7. The fourth-order valence-electron chi connectivity index (χ4n) is 3.48. The molecule has 0 aliphatic carbocycles. The molecule has 0 saturated heterocycles. The molecule has 4 aromatic rings. The lowest BCUT2D eigenvalue weighted by molar-refractivity contribution is 0.105. The molecule has 0 bridgehead atoms. The number of carbonyl (C=O) groups is 1. The van der Waals surface area contributed by atoms with Crippen molar-refractivity contribution >= 4 is 28.5 Å². The van der Waals surface area contributed by atoms with Crippen molar-refractivity contribution in [3.8, 4) is 23.0 Å². The fraction of sp³-hybridized carbons (Fsp3) is 0.154. The second kappa shape index (κ2) is 9.48. The van der Waals surface area contributed by atoms with Gasteiger partial charge in [0.15, 0.2) is 22.9 Å². The molecule has 7 heteroatoms. The Morgan fingerprint density at radius 1 is 0.848 bits per heavy atom. The Hall–Kier alpha value is -4.26. The van der Waals surface area contributed by atoms with E-state index in [1.807, 2.05) is 42.5 Å². The molecule has 7 nitrogen and oxygen atoms in total. The quantitative estimate of drug-likeness (QED) is 0.269. The highest BCUT2D eigenvalue weighted by Crippen LogP contribution is 2.39. The first kappa shape index (κ1) is 22.0. The van der Waals surface area contributed by atoms with Crippen LogP contribution in [-0.4, -0.2) is 39.2 Å². The topological polar surface area (TPSA) is 80.0 Å². The summed E-state index contributed by atoms with van der Waals surface area (Å²) in [6.45, 7) is 0. The molecule has 0 saturated carbocycles. The van der Waals surface area contributed by atoms with Crippen LogP contribution in [0.1, 0.15) is 21.8 Å². The summed E-state index contributed by atoms with van der Waals surface area (Å²) in [5, 5.41) is 0. The minimum atomic E-state index is -0.316. The van der Waals surface area contributed by atoms with Crippen LogP contribution in [0, 0.1) is 0 Å². The molecule has 0 fully saturated rings. The molecule has 0 radical (unpaired) electrons. The van der Waals surface area contributed by atoms with E-state index in [1.54, 1.807) is 31.4 Å². The van der Waals surface area contributed by atoms with Gasteiger partial charge in [0.05, 0.1) is 34.0 Å². The van der Waals surface area contributed by atoms with Crippen LogP contribution in [0.25, 0.3) is 22.7 Å². The monoisotopic (exact) mass is 445 g/mol. The first-order chi connectivity index (χ1) is 16.1. The number of ketones is 1. The van der Waals surface area contributed by atoms with Gasteiger partial charge in [-0.2, -0.15) is 0 Å². The van der Waals surface area contributed by atoms with Crippen LogP contribution in [-0.2, 0) is 0 Å². The summed E-state index contributed by atoms with van der Waals surface area (Å²) in [5.74, 6) is 1.70. The molecule has 0 N–H and O–H groups in total. The number of hydrogen-bond donors (Lipinski definition) is 0. The summed E-state index contributed by atoms with van der Waals surface area (Å²) in [6.07, 6.45) is 1.72. The number of rotatable bonds is 8. The van der Waals surface area contributed by atoms with Crippen LogP contribution < -0.4 is 18.9 Å². The first-order valence-corrected chi connectivity index (χ1v) is 10.1. The summed E-state index contributed by atoms with van der Waals surface area (Å²) in [5.41, 5.74) is 2.60. The largest absolute Gasteiger partial charge is 0.497 e. The summed E-state index contributed by atoms with van der Waals surface area (Å²) in [7, 11) is 6.10. The summed E-state index contributed by atoms with van der Waals surface area (Å²) in [6, 6.07) is 17.9. The highest BCUT2D eigenvalue weighted by molar-refractivity contribution is 6.31. The molecule has 1 heterocycles. The lowest BCUT2D eigenvalue weighted by atomic mass is 9.99. The Balaban J connectivity index is 1.89. The number of nitrogens with zero attached hydrogens (tertiary/aromatic N) is 1. The van der Waals surface area contributed by atoms with Gasteiger partial charge in [0.25, 0.3) is 0 Å². The molecule has 1 aromatic heterocycles. The molecule has 0 unspecified atom stereocenters. The van der Waals surface area contributed by atoms with E-state index < -0.39 is 0 Å². The molecule has 33 heavy (non-hydrogen) atoms. The van der Waals surface area contributed by atoms with Crippen molar-refractivity contribution in [2.75, 3.05) is 28.4 Å².